The van der Waals surface area contributed by atoms with Crippen molar-refractivity contribution >= 4 is 17.5 Å². The van der Waals surface area contributed by atoms with Crippen LogP contribution >= 0.6 is 0 Å². The molecule has 2 unspecified atom stereocenters. The summed E-state index contributed by atoms with van der Waals surface area (Å²) in [6.45, 7) is 5.68. The lowest BCUT2D eigenvalue weighted by Crippen LogP contribution is -2.34. The Balaban J connectivity index is 1.66. The Bertz CT molecular complexity index is 878. The molecule has 29 heavy (non-hydrogen) atoms. The van der Waals surface area contributed by atoms with Crippen molar-refractivity contribution in [2.45, 2.75) is 65.0 Å². The zero-order valence-corrected chi connectivity index (χ0v) is 17.5. The molecular weight excluding hydrogens is 364 g/mol. The number of para-hydroxylation sites is 1. The zero-order chi connectivity index (χ0) is 20.8. The van der Waals surface area contributed by atoms with Crippen LogP contribution in [0.5, 0.6) is 5.75 Å². The van der Waals surface area contributed by atoms with Crippen molar-refractivity contribution in [2.24, 2.45) is 0 Å². The van der Waals surface area contributed by atoms with Crippen LogP contribution in [0.4, 0.5) is 5.69 Å². The van der Waals surface area contributed by atoms with Crippen molar-refractivity contribution in [3.63, 3.8) is 0 Å². The van der Waals surface area contributed by atoms with E-state index in [1.165, 1.54) is 24.0 Å². The molecule has 5 nitrogen and oxygen atoms in total. The summed E-state index contributed by atoms with van der Waals surface area (Å²) in [6, 6.07) is 13.2. The van der Waals surface area contributed by atoms with Gasteiger partial charge in [0.1, 0.15) is 5.75 Å². The molecule has 1 aliphatic rings. The Morgan fingerprint density at radius 1 is 1.03 bits per heavy atom. The zero-order valence-electron chi connectivity index (χ0n) is 17.5. The van der Waals surface area contributed by atoms with Crippen LogP contribution in [0.25, 0.3) is 0 Å². The maximum absolute atomic E-state index is 12.7. The lowest BCUT2D eigenvalue weighted by atomic mass is 9.92. The predicted octanol–water partition coefficient (Wildman–Crippen LogP) is 4.50. The normalized spacial score (nSPS) is 15.0. The second kappa shape index (κ2) is 9.59. The number of fused-ring (bicyclic) bond motifs is 1. The van der Waals surface area contributed by atoms with Crippen LogP contribution in [-0.4, -0.2) is 24.0 Å². The third-order valence-electron chi connectivity index (χ3n) is 5.42. The average Bonchev–Trinajstić information content (AvgIpc) is 2.73. The highest BCUT2D eigenvalue weighted by Crippen LogP contribution is 2.26. The number of anilines is 1. The van der Waals surface area contributed by atoms with E-state index in [1.807, 2.05) is 26.0 Å². The topological polar surface area (TPSA) is 67.4 Å². The van der Waals surface area contributed by atoms with E-state index in [9.17, 15) is 9.59 Å². The van der Waals surface area contributed by atoms with E-state index < -0.39 is 6.10 Å². The van der Waals surface area contributed by atoms with Gasteiger partial charge in [0.2, 0.25) is 0 Å². The molecule has 2 atom stereocenters. The van der Waals surface area contributed by atoms with Crippen molar-refractivity contribution in [1.29, 1.82) is 0 Å². The molecule has 0 aromatic heterocycles. The second-order valence-corrected chi connectivity index (χ2v) is 7.72. The van der Waals surface area contributed by atoms with Crippen molar-refractivity contribution in [3.05, 3.63) is 59.2 Å². The van der Waals surface area contributed by atoms with E-state index >= 15 is 0 Å². The lowest BCUT2D eigenvalue weighted by Gasteiger charge is -2.20. The van der Waals surface area contributed by atoms with Gasteiger partial charge in [-0.1, -0.05) is 25.1 Å². The SMILES string of the molecule is CCC(C)NC(=O)c1ccccc1NC(=O)C(C)Oc1ccc2c(c1)CCCC2. The number of nitrogens with one attached hydrogen (secondary N) is 2. The Kier molecular flexibility index (Phi) is 6.91. The summed E-state index contributed by atoms with van der Waals surface area (Å²) in [6.07, 6.45) is 4.76. The third-order valence-corrected chi connectivity index (χ3v) is 5.42. The molecule has 0 saturated carbocycles. The number of carbonyl (C=O) groups excluding carboxylic acids is 2. The van der Waals surface area contributed by atoms with Crippen molar-refractivity contribution in [1.82, 2.24) is 5.32 Å². The Labute approximate surface area is 172 Å². The number of benzene rings is 2. The average molecular weight is 395 g/mol. The van der Waals surface area contributed by atoms with E-state index in [-0.39, 0.29) is 17.9 Å². The van der Waals surface area contributed by atoms with Gasteiger partial charge in [-0.2, -0.15) is 0 Å². The number of hydrogen-bond donors (Lipinski definition) is 2. The van der Waals surface area contributed by atoms with Gasteiger partial charge in [0.25, 0.3) is 11.8 Å². The highest BCUT2D eigenvalue weighted by Gasteiger charge is 2.20. The number of ether oxygens (including phenoxy) is 1. The summed E-state index contributed by atoms with van der Waals surface area (Å²) >= 11 is 0. The van der Waals surface area contributed by atoms with E-state index in [4.69, 9.17) is 4.74 Å². The monoisotopic (exact) mass is 394 g/mol. The minimum absolute atomic E-state index is 0.0672. The van der Waals surface area contributed by atoms with Gasteiger partial charge in [0, 0.05) is 6.04 Å². The quantitative estimate of drug-likeness (QED) is 0.727. The van der Waals surface area contributed by atoms with Gasteiger partial charge >= 0.3 is 0 Å². The molecule has 154 valence electrons. The molecule has 3 rings (SSSR count). The lowest BCUT2D eigenvalue weighted by molar-refractivity contribution is -0.122. The Hall–Kier alpha value is -2.82. The maximum atomic E-state index is 12.7. The molecule has 2 aromatic carbocycles. The molecule has 1 aliphatic carbocycles. The van der Waals surface area contributed by atoms with Gasteiger partial charge in [-0.25, -0.2) is 0 Å². The number of aryl methyl sites for hydroxylation is 2. The van der Waals surface area contributed by atoms with Gasteiger partial charge in [-0.15, -0.1) is 0 Å². The highest BCUT2D eigenvalue weighted by molar-refractivity contribution is 6.04. The van der Waals surface area contributed by atoms with Gasteiger partial charge in [-0.05, 0) is 81.3 Å². The maximum Gasteiger partial charge on any atom is 0.265 e. The van der Waals surface area contributed by atoms with Gasteiger partial charge < -0.3 is 15.4 Å². The van der Waals surface area contributed by atoms with E-state index in [2.05, 4.69) is 16.7 Å². The van der Waals surface area contributed by atoms with Crippen LogP contribution in [0, 0.1) is 0 Å². The number of hydrogen-bond acceptors (Lipinski definition) is 3. The molecular formula is C24H30N2O3. The Morgan fingerprint density at radius 3 is 2.52 bits per heavy atom. The number of carbonyl (C=O) groups is 2. The fourth-order valence-electron chi connectivity index (χ4n) is 3.47. The van der Waals surface area contributed by atoms with Crippen molar-refractivity contribution in [2.75, 3.05) is 5.32 Å². The first-order valence-corrected chi connectivity index (χ1v) is 10.5. The molecule has 0 bridgehead atoms. The van der Waals surface area contributed by atoms with E-state index in [1.54, 1.807) is 31.2 Å². The molecule has 0 heterocycles. The van der Waals surface area contributed by atoms with Crippen LogP contribution in [0.2, 0.25) is 0 Å². The van der Waals surface area contributed by atoms with Gasteiger partial charge in [0.15, 0.2) is 6.10 Å². The fourth-order valence-corrected chi connectivity index (χ4v) is 3.47. The molecule has 0 saturated heterocycles. The standard InChI is InChI=1S/C24H30N2O3/c1-4-16(2)25-24(28)21-11-7-8-12-22(21)26-23(27)17(3)29-20-14-13-18-9-5-6-10-19(18)15-20/h7-8,11-17H,4-6,9-10H2,1-3H3,(H,25,28)(H,26,27). The molecule has 0 spiro atoms. The summed E-state index contributed by atoms with van der Waals surface area (Å²) in [4.78, 5) is 25.2. The molecule has 0 fully saturated rings. The first-order chi connectivity index (χ1) is 14.0. The highest BCUT2D eigenvalue weighted by atomic mass is 16.5. The van der Waals surface area contributed by atoms with Crippen molar-refractivity contribution < 1.29 is 14.3 Å². The van der Waals surface area contributed by atoms with Crippen LogP contribution in [0.15, 0.2) is 42.5 Å². The van der Waals surface area contributed by atoms with Crippen molar-refractivity contribution in [3.8, 4) is 5.75 Å². The molecule has 0 radical (unpaired) electrons. The van der Waals surface area contributed by atoms with Crippen LogP contribution in [0.3, 0.4) is 0 Å². The first kappa shape index (κ1) is 20.9. The minimum Gasteiger partial charge on any atom is -0.481 e. The Morgan fingerprint density at radius 2 is 1.76 bits per heavy atom. The summed E-state index contributed by atoms with van der Waals surface area (Å²) in [7, 11) is 0. The van der Waals surface area contributed by atoms with Crippen LogP contribution < -0.4 is 15.4 Å². The number of rotatable bonds is 7. The van der Waals surface area contributed by atoms with Gasteiger partial charge in [0.05, 0.1) is 11.3 Å². The van der Waals surface area contributed by atoms with E-state index in [0.29, 0.717) is 17.0 Å². The van der Waals surface area contributed by atoms with Gasteiger partial charge in [-0.3, -0.25) is 9.59 Å². The fraction of sp³-hybridized carbons (Fsp3) is 0.417. The summed E-state index contributed by atoms with van der Waals surface area (Å²) < 4.78 is 5.88. The smallest absolute Gasteiger partial charge is 0.265 e. The molecule has 0 aliphatic heterocycles. The third kappa shape index (κ3) is 5.37. The minimum atomic E-state index is -0.678. The first-order valence-electron chi connectivity index (χ1n) is 10.5. The summed E-state index contributed by atoms with van der Waals surface area (Å²) in [5.74, 6) is 0.223. The summed E-state index contributed by atoms with van der Waals surface area (Å²) in [5, 5.41) is 5.78. The van der Waals surface area contributed by atoms with E-state index in [0.717, 1.165) is 19.3 Å². The van der Waals surface area contributed by atoms with Crippen LogP contribution in [0.1, 0.15) is 61.5 Å². The molecule has 5 heteroatoms. The molecule has 2 N–H and O–H groups in total. The molecule has 2 amide bonds. The van der Waals surface area contributed by atoms with Crippen LogP contribution in [-0.2, 0) is 17.6 Å². The molecule has 2 aromatic rings. The predicted molar refractivity (Wildman–Crippen MR) is 115 cm³/mol. The number of amides is 2. The second-order valence-electron chi connectivity index (χ2n) is 7.72. The summed E-state index contributed by atoms with van der Waals surface area (Å²) in [5.41, 5.74) is 3.62. The largest absolute Gasteiger partial charge is 0.481 e.